The maximum Gasteiger partial charge on any atom is 0.281 e. The summed E-state index contributed by atoms with van der Waals surface area (Å²) >= 11 is 0. The number of benzene rings is 1. The number of fused-ring (bicyclic) bond motifs is 1. The highest BCUT2D eigenvalue weighted by molar-refractivity contribution is 5.84. The lowest BCUT2D eigenvalue weighted by Crippen LogP contribution is -2.81. The Kier molecular flexibility index (Phi) is 4.76. The van der Waals surface area contributed by atoms with Crippen molar-refractivity contribution < 1.29 is 10.5 Å². The molecule has 0 bridgehead atoms. The Hall–Kier alpha value is -3.31. The maximum atomic E-state index is 12.8. The summed E-state index contributed by atoms with van der Waals surface area (Å²) in [6, 6.07) is 9.34. The number of nitrogens with zero attached hydrogens (tertiary/aromatic N) is 3. The van der Waals surface area contributed by atoms with Crippen molar-refractivity contribution in [3.63, 3.8) is 0 Å². The second kappa shape index (κ2) is 7.26. The molecular formula is C21H26N7O+. The molecule has 0 aliphatic carbocycles. The van der Waals surface area contributed by atoms with Gasteiger partial charge in [-0.3, -0.25) is 4.79 Å². The number of rotatable bonds is 4. The molecule has 6 N–H and O–H groups in total. The number of hydrogen-bond acceptors (Lipinski definition) is 6. The SMILES string of the molecule is CC12N=CNC(N3CCC([NH3+])(C(=O)NCc4ccc(C#N)cc4)CC3)=C1C=CN2. The van der Waals surface area contributed by atoms with E-state index in [1.54, 1.807) is 18.5 Å². The van der Waals surface area contributed by atoms with E-state index in [2.05, 4.69) is 43.7 Å². The van der Waals surface area contributed by atoms with Gasteiger partial charge in [-0.05, 0) is 36.9 Å². The van der Waals surface area contributed by atoms with Crippen LogP contribution in [-0.4, -0.2) is 41.4 Å². The van der Waals surface area contributed by atoms with Gasteiger partial charge in [0.05, 0.1) is 18.0 Å². The lowest BCUT2D eigenvalue weighted by molar-refractivity contribution is -0.465. The number of quaternary nitrogens is 1. The van der Waals surface area contributed by atoms with E-state index in [0.29, 0.717) is 24.9 Å². The van der Waals surface area contributed by atoms with Crippen LogP contribution in [0.5, 0.6) is 0 Å². The van der Waals surface area contributed by atoms with Crippen molar-refractivity contribution in [3.8, 4) is 6.07 Å². The van der Waals surface area contributed by atoms with Crippen molar-refractivity contribution in [2.45, 2.75) is 37.5 Å². The average Bonchev–Trinajstić information content (AvgIpc) is 3.14. The first-order chi connectivity index (χ1) is 13.9. The largest absolute Gasteiger partial charge is 0.364 e. The summed E-state index contributed by atoms with van der Waals surface area (Å²) in [6.45, 7) is 3.98. The van der Waals surface area contributed by atoms with Crippen LogP contribution in [0.3, 0.4) is 0 Å². The van der Waals surface area contributed by atoms with Gasteiger partial charge in [-0.1, -0.05) is 12.1 Å². The molecule has 1 aromatic carbocycles. The minimum absolute atomic E-state index is 0.0235. The third kappa shape index (κ3) is 3.57. The molecule has 8 heteroatoms. The van der Waals surface area contributed by atoms with Crippen molar-refractivity contribution in [2.75, 3.05) is 13.1 Å². The quantitative estimate of drug-likeness (QED) is 0.572. The summed E-state index contributed by atoms with van der Waals surface area (Å²) < 4.78 is 0. The molecule has 1 amide bonds. The molecular weight excluding hydrogens is 366 g/mol. The van der Waals surface area contributed by atoms with Crippen molar-refractivity contribution in [1.29, 1.82) is 5.26 Å². The highest BCUT2D eigenvalue weighted by atomic mass is 16.2. The summed E-state index contributed by atoms with van der Waals surface area (Å²) in [5.41, 5.74) is 5.90. The average molecular weight is 392 g/mol. The summed E-state index contributed by atoms with van der Waals surface area (Å²) in [7, 11) is 0. The van der Waals surface area contributed by atoms with Crippen LogP contribution in [0.1, 0.15) is 30.9 Å². The van der Waals surface area contributed by atoms with Gasteiger partial charge in [-0.25, -0.2) is 4.99 Å². The first-order valence-electron chi connectivity index (χ1n) is 9.80. The number of nitrogens with one attached hydrogen (secondary N) is 3. The molecule has 0 aromatic heterocycles. The van der Waals surface area contributed by atoms with Crippen molar-refractivity contribution in [2.24, 2.45) is 4.99 Å². The van der Waals surface area contributed by atoms with Gasteiger partial charge < -0.3 is 26.6 Å². The molecule has 1 saturated heterocycles. The van der Waals surface area contributed by atoms with Crippen LogP contribution in [0, 0.1) is 11.3 Å². The number of carbonyl (C=O) groups is 1. The zero-order valence-corrected chi connectivity index (χ0v) is 16.5. The number of likely N-dealkylation sites (tertiary alicyclic amines) is 1. The standard InChI is InChI=1S/C21H25N7O/c1-20-17(6-9-26-20)18(25-14-27-20)28-10-7-21(23,8-11-28)19(29)24-13-16-4-2-15(12-22)3-5-16/h2-6,9,14,26H,7-8,10-11,13,23H2,1H3,(H,24,29)(H,25,27)/p+1. The molecule has 1 fully saturated rings. The van der Waals surface area contributed by atoms with E-state index < -0.39 is 11.2 Å². The van der Waals surface area contributed by atoms with Crippen LogP contribution in [-0.2, 0) is 11.3 Å². The van der Waals surface area contributed by atoms with Crippen LogP contribution < -0.4 is 21.7 Å². The van der Waals surface area contributed by atoms with E-state index in [1.165, 1.54) is 0 Å². The summed E-state index contributed by atoms with van der Waals surface area (Å²) in [5.74, 6) is 1.02. The van der Waals surface area contributed by atoms with E-state index in [1.807, 2.05) is 25.3 Å². The smallest absolute Gasteiger partial charge is 0.281 e. The van der Waals surface area contributed by atoms with Gasteiger partial charge in [-0.2, -0.15) is 5.26 Å². The lowest BCUT2D eigenvalue weighted by atomic mass is 9.87. The topological polar surface area (TPSA) is 120 Å². The van der Waals surface area contributed by atoms with Gasteiger partial charge in [0, 0.05) is 38.0 Å². The normalized spacial score (nSPS) is 24.4. The van der Waals surface area contributed by atoms with Gasteiger partial charge in [0.15, 0.2) is 11.2 Å². The molecule has 3 aliphatic rings. The Morgan fingerprint density at radius 2 is 2.07 bits per heavy atom. The van der Waals surface area contributed by atoms with Crippen molar-refractivity contribution >= 4 is 12.2 Å². The number of hydrogen-bond donors (Lipinski definition) is 4. The lowest BCUT2D eigenvalue weighted by Gasteiger charge is -2.40. The fraction of sp³-hybridized carbons (Fsp3) is 0.381. The van der Waals surface area contributed by atoms with Gasteiger partial charge in [0.25, 0.3) is 5.91 Å². The molecule has 29 heavy (non-hydrogen) atoms. The first-order valence-corrected chi connectivity index (χ1v) is 9.80. The van der Waals surface area contributed by atoms with Crippen LogP contribution >= 0.6 is 0 Å². The fourth-order valence-electron chi connectivity index (χ4n) is 3.96. The predicted molar refractivity (Wildman–Crippen MR) is 109 cm³/mol. The molecule has 1 unspecified atom stereocenters. The highest BCUT2D eigenvalue weighted by Crippen LogP contribution is 2.31. The van der Waals surface area contributed by atoms with E-state index in [0.717, 1.165) is 30.0 Å². The molecule has 1 atom stereocenters. The van der Waals surface area contributed by atoms with Crippen LogP contribution in [0.15, 0.2) is 52.9 Å². The Bertz CT molecular complexity index is 933. The minimum Gasteiger partial charge on any atom is -0.364 e. The predicted octanol–water partition coefficient (Wildman–Crippen LogP) is -0.0728. The van der Waals surface area contributed by atoms with E-state index in [4.69, 9.17) is 5.26 Å². The maximum absolute atomic E-state index is 12.8. The second-order valence-electron chi connectivity index (χ2n) is 7.97. The van der Waals surface area contributed by atoms with Gasteiger partial charge in [0.1, 0.15) is 5.82 Å². The summed E-state index contributed by atoms with van der Waals surface area (Å²) in [5, 5.41) is 18.4. The molecule has 8 nitrogen and oxygen atoms in total. The number of piperidine rings is 1. The molecule has 0 radical (unpaired) electrons. The highest BCUT2D eigenvalue weighted by Gasteiger charge is 2.43. The molecule has 3 heterocycles. The van der Waals surface area contributed by atoms with E-state index >= 15 is 0 Å². The summed E-state index contributed by atoms with van der Waals surface area (Å²) in [6.07, 6.45) is 7.06. The summed E-state index contributed by atoms with van der Waals surface area (Å²) in [4.78, 5) is 19.6. The third-order valence-corrected chi connectivity index (χ3v) is 5.97. The Morgan fingerprint density at radius 1 is 1.34 bits per heavy atom. The third-order valence-electron chi connectivity index (χ3n) is 5.97. The number of carbonyl (C=O) groups excluding carboxylic acids is 1. The van der Waals surface area contributed by atoms with Gasteiger partial charge in [0.2, 0.25) is 0 Å². The fourth-order valence-corrected chi connectivity index (χ4v) is 3.96. The second-order valence-corrected chi connectivity index (χ2v) is 7.97. The van der Waals surface area contributed by atoms with Crippen LogP contribution in [0.25, 0.3) is 0 Å². The minimum atomic E-state index is -0.635. The molecule has 4 rings (SSSR count). The van der Waals surface area contributed by atoms with Gasteiger partial charge >= 0.3 is 0 Å². The number of amides is 1. The molecule has 0 spiro atoms. The first kappa shape index (κ1) is 19.0. The van der Waals surface area contributed by atoms with Crippen molar-refractivity contribution in [1.82, 2.24) is 20.9 Å². The molecule has 0 saturated carbocycles. The monoisotopic (exact) mass is 392 g/mol. The Balaban J connectivity index is 1.36. The van der Waals surface area contributed by atoms with Crippen LogP contribution in [0.4, 0.5) is 0 Å². The number of aliphatic imine (C=N–C) groups is 1. The zero-order chi connectivity index (χ0) is 20.5. The molecule has 3 aliphatic heterocycles. The number of nitriles is 1. The molecule has 150 valence electrons. The van der Waals surface area contributed by atoms with Gasteiger partial charge in [-0.15, -0.1) is 0 Å². The Morgan fingerprint density at radius 3 is 2.76 bits per heavy atom. The zero-order valence-electron chi connectivity index (χ0n) is 16.5. The Labute approximate surface area is 170 Å². The van der Waals surface area contributed by atoms with E-state index in [9.17, 15) is 4.79 Å². The van der Waals surface area contributed by atoms with Crippen LogP contribution in [0.2, 0.25) is 0 Å². The molecule has 1 aromatic rings. The van der Waals surface area contributed by atoms with Crippen molar-refractivity contribution in [3.05, 3.63) is 59.1 Å². The van der Waals surface area contributed by atoms with E-state index in [-0.39, 0.29) is 5.91 Å².